The van der Waals surface area contributed by atoms with E-state index in [4.69, 9.17) is 14.2 Å². The Labute approximate surface area is 251 Å². The summed E-state index contributed by atoms with van der Waals surface area (Å²) in [6.45, 7) is 12.4. The van der Waals surface area contributed by atoms with E-state index in [1.165, 1.54) is 16.7 Å². The summed E-state index contributed by atoms with van der Waals surface area (Å²) < 4.78 is 16.5. The molecule has 0 amide bonds. The molecule has 0 aromatic heterocycles. The predicted octanol–water partition coefficient (Wildman–Crippen LogP) is 5.89. The van der Waals surface area contributed by atoms with Crippen LogP contribution >= 0.6 is 0 Å². The number of hydrogen-bond donors (Lipinski definition) is 4. The Hall–Kier alpha value is -2.65. The second-order valence-corrected chi connectivity index (χ2v) is 11.5. The molecular formula is C34H52O8. The summed E-state index contributed by atoms with van der Waals surface area (Å²) in [7, 11) is 0. The van der Waals surface area contributed by atoms with Gasteiger partial charge in [-0.2, -0.15) is 0 Å². The van der Waals surface area contributed by atoms with Crippen LogP contribution < -0.4 is 4.74 Å². The number of unbranched alkanes of at least 4 members (excludes halogenated alkanes) is 1. The van der Waals surface area contributed by atoms with Crippen molar-refractivity contribution in [1.82, 2.24) is 0 Å². The number of rotatable bonds is 16. The van der Waals surface area contributed by atoms with Crippen molar-refractivity contribution in [2.75, 3.05) is 13.2 Å². The number of esters is 1. The number of benzene rings is 1. The monoisotopic (exact) mass is 588 g/mol. The molecule has 0 saturated carbocycles. The summed E-state index contributed by atoms with van der Waals surface area (Å²) in [5, 5.41) is 40.7. The van der Waals surface area contributed by atoms with Crippen LogP contribution in [0.5, 0.6) is 11.5 Å². The van der Waals surface area contributed by atoms with Crippen molar-refractivity contribution in [3.63, 3.8) is 0 Å². The van der Waals surface area contributed by atoms with Crippen LogP contribution in [0.25, 0.3) is 0 Å². The van der Waals surface area contributed by atoms with Crippen molar-refractivity contribution in [2.45, 2.75) is 124 Å². The van der Waals surface area contributed by atoms with Gasteiger partial charge in [0.05, 0.1) is 13.2 Å². The highest BCUT2D eigenvalue weighted by atomic mass is 16.7. The first-order valence-electron chi connectivity index (χ1n) is 15.2. The molecule has 1 aromatic rings. The van der Waals surface area contributed by atoms with Gasteiger partial charge in [-0.1, -0.05) is 48.3 Å². The highest BCUT2D eigenvalue weighted by Gasteiger charge is 2.39. The number of hydrogen-bond acceptors (Lipinski definition) is 8. The molecule has 1 aromatic carbocycles. The van der Waals surface area contributed by atoms with E-state index in [0.29, 0.717) is 41.9 Å². The zero-order valence-corrected chi connectivity index (χ0v) is 26.3. The Morgan fingerprint density at radius 1 is 0.929 bits per heavy atom. The van der Waals surface area contributed by atoms with E-state index in [1.54, 1.807) is 13.0 Å². The van der Waals surface area contributed by atoms with Crippen molar-refractivity contribution in [3.05, 3.63) is 57.7 Å². The molecule has 4 N–H and O–H groups in total. The van der Waals surface area contributed by atoms with Gasteiger partial charge >= 0.3 is 5.97 Å². The van der Waals surface area contributed by atoms with Gasteiger partial charge in [-0.05, 0) is 96.8 Å². The fraction of sp³-hybridized carbons (Fsp3) is 0.618. The lowest BCUT2D eigenvalue weighted by molar-refractivity contribution is -0.242. The normalized spacial score (nSPS) is 21.9. The first-order chi connectivity index (χ1) is 19.9. The average molecular weight is 589 g/mol. The highest BCUT2D eigenvalue weighted by molar-refractivity contribution is 5.69. The van der Waals surface area contributed by atoms with Crippen LogP contribution in [-0.4, -0.2) is 64.2 Å². The third kappa shape index (κ3) is 11.6. The zero-order valence-electron chi connectivity index (χ0n) is 26.3. The first-order valence-corrected chi connectivity index (χ1v) is 15.2. The number of carbonyl (C=O) groups is 1. The summed E-state index contributed by atoms with van der Waals surface area (Å²) in [4.78, 5) is 11.8. The molecule has 0 spiro atoms. The van der Waals surface area contributed by atoms with Crippen molar-refractivity contribution in [2.24, 2.45) is 0 Å². The molecule has 1 aliphatic rings. The number of ether oxygens (including phenoxy) is 3. The van der Waals surface area contributed by atoms with E-state index in [1.807, 2.05) is 6.92 Å². The van der Waals surface area contributed by atoms with E-state index in [9.17, 15) is 25.2 Å². The molecule has 1 fully saturated rings. The maximum absolute atomic E-state index is 11.8. The Morgan fingerprint density at radius 2 is 1.55 bits per heavy atom. The fourth-order valence-corrected chi connectivity index (χ4v) is 4.61. The van der Waals surface area contributed by atoms with E-state index in [0.717, 1.165) is 44.9 Å². The lowest BCUT2D eigenvalue weighted by atomic mass is 9.99. The van der Waals surface area contributed by atoms with Crippen LogP contribution in [0.1, 0.15) is 95.8 Å². The third-order valence-electron chi connectivity index (χ3n) is 7.81. The van der Waals surface area contributed by atoms with E-state index in [2.05, 4.69) is 45.9 Å². The molecule has 42 heavy (non-hydrogen) atoms. The van der Waals surface area contributed by atoms with Crippen molar-refractivity contribution < 1.29 is 39.4 Å². The first kappa shape index (κ1) is 35.5. The van der Waals surface area contributed by atoms with Crippen molar-refractivity contribution in [1.29, 1.82) is 0 Å². The van der Waals surface area contributed by atoms with Crippen LogP contribution in [0.4, 0.5) is 0 Å². The Balaban J connectivity index is 1.85. The summed E-state index contributed by atoms with van der Waals surface area (Å²) in [5.74, 6) is 0.541. The number of aromatic hydroxyl groups is 1. The van der Waals surface area contributed by atoms with Gasteiger partial charge in [0.1, 0.15) is 29.8 Å². The molecule has 1 heterocycles. The SMILES string of the molecule is CCCCOC(=O)CC/C(C)=C/CC/C(C)=C/CCC(C)=CCc1cc(O[C@@H]2OC[C@@H](O)[C@H](O)[C@H]2O)c(C)c(C)c1O. The summed E-state index contributed by atoms with van der Waals surface area (Å²) >= 11 is 0. The molecule has 1 saturated heterocycles. The number of phenolic OH excluding ortho intramolecular Hbond substituents is 1. The fourth-order valence-electron chi connectivity index (χ4n) is 4.61. The molecule has 236 valence electrons. The van der Waals surface area contributed by atoms with Crippen LogP contribution in [-0.2, 0) is 20.7 Å². The molecule has 8 nitrogen and oxygen atoms in total. The maximum atomic E-state index is 11.8. The van der Waals surface area contributed by atoms with Crippen LogP contribution in [0.2, 0.25) is 0 Å². The van der Waals surface area contributed by atoms with Gasteiger partial charge in [0.25, 0.3) is 0 Å². The van der Waals surface area contributed by atoms with E-state index < -0.39 is 24.6 Å². The zero-order chi connectivity index (χ0) is 31.2. The summed E-state index contributed by atoms with van der Waals surface area (Å²) in [6, 6.07) is 1.74. The minimum Gasteiger partial charge on any atom is -0.507 e. The number of aliphatic hydroxyl groups excluding tert-OH is 3. The largest absolute Gasteiger partial charge is 0.507 e. The van der Waals surface area contributed by atoms with Gasteiger partial charge in [0.15, 0.2) is 0 Å². The van der Waals surface area contributed by atoms with Gasteiger partial charge in [0, 0.05) is 12.0 Å². The van der Waals surface area contributed by atoms with E-state index in [-0.39, 0.29) is 18.3 Å². The Kier molecular flexibility index (Phi) is 15.3. The number of phenols is 1. The van der Waals surface area contributed by atoms with Crippen molar-refractivity contribution in [3.8, 4) is 11.5 Å². The molecule has 0 radical (unpaired) electrons. The Morgan fingerprint density at radius 3 is 2.19 bits per heavy atom. The standard InChI is InChI=1S/C34H52O8/c1-7-8-19-40-30(36)18-16-24(4)14-10-12-22(2)11-9-13-23(3)15-17-27-20-29(25(5)26(6)31(27)37)42-34-33(39)32(38)28(35)21-41-34/h11,14-15,20,28,32-35,37-39H,7-10,12-13,16-19,21H2,1-6H3/b22-11+,23-15?,24-14+/t28-,32+,33-,34+/m1/s1. The third-order valence-corrected chi connectivity index (χ3v) is 7.81. The minimum atomic E-state index is -1.39. The van der Waals surface area contributed by atoms with Gasteiger partial charge in [-0.3, -0.25) is 4.79 Å². The van der Waals surface area contributed by atoms with Gasteiger partial charge in [-0.25, -0.2) is 0 Å². The Bertz CT molecular complexity index is 1100. The molecule has 0 aliphatic carbocycles. The maximum Gasteiger partial charge on any atom is 0.306 e. The number of carbonyl (C=O) groups excluding carboxylic acids is 1. The predicted molar refractivity (Wildman–Crippen MR) is 165 cm³/mol. The quantitative estimate of drug-likeness (QED) is 0.107. The van der Waals surface area contributed by atoms with Gasteiger partial charge < -0.3 is 34.6 Å². The number of allylic oxidation sites excluding steroid dienone is 6. The van der Waals surface area contributed by atoms with Gasteiger partial charge in [0.2, 0.25) is 6.29 Å². The molecule has 2 rings (SSSR count). The van der Waals surface area contributed by atoms with Crippen molar-refractivity contribution >= 4 is 5.97 Å². The van der Waals surface area contributed by atoms with E-state index >= 15 is 0 Å². The lowest BCUT2D eigenvalue weighted by Crippen LogP contribution is -2.54. The van der Waals surface area contributed by atoms with Crippen LogP contribution in [0, 0.1) is 13.8 Å². The van der Waals surface area contributed by atoms with Crippen LogP contribution in [0.3, 0.4) is 0 Å². The lowest BCUT2D eigenvalue weighted by Gasteiger charge is -2.35. The molecule has 4 atom stereocenters. The summed E-state index contributed by atoms with van der Waals surface area (Å²) in [6.07, 6.45) is 8.94. The molecule has 8 heteroatoms. The molecule has 0 bridgehead atoms. The molecular weight excluding hydrogens is 536 g/mol. The average Bonchev–Trinajstić information content (AvgIpc) is 2.96. The highest BCUT2D eigenvalue weighted by Crippen LogP contribution is 2.35. The van der Waals surface area contributed by atoms with Gasteiger partial charge in [-0.15, -0.1) is 0 Å². The van der Waals surface area contributed by atoms with Crippen LogP contribution in [0.15, 0.2) is 41.0 Å². The second-order valence-electron chi connectivity index (χ2n) is 11.5. The minimum absolute atomic E-state index is 0.117. The smallest absolute Gasteiger partial charge is 0.306 e. The summed E-state index contributed by atoms with van der Waals surface area (Å²) in [5.41, 5.74) is 5.85. The molecule has 0 unspecified atom stereocenters. The molecule has 1 aliphatic heterocycles. The second kappa shape index (κ2) is 18.1. The topological polar surface area (TPSA) is 126 Å². The number of aliphatic hydroxyl groups is 3.